The number of H-pyrrole nitrogens is 1. The molecule has 3 aliphatic heterocycles. The molecule has 45 heavy (non-hydrogen) atoms. The van der Waals surface area contributed by atoms with Crippen LogP contribution in [0.3, 0.4) is 0 Å². The van der Waals surface area contributed by atoms with E-state index in [-0.39, 0.29) is 34.1 Å². The quantitative estimate of drug-likeness (QED) is 0.112. The van der Waals surface area contributed by atoms with Gasteiger partial charge in [0.05, 0.1) is 19.3 Å². The highest BCUT2D eigenvalue weighted by molar-refractivity contribution is 8.44. The van der Waals surface area contributed by atoms with Crippen LogP contribution in [0.4, 0.5) is 16.2 Å². The SMILES string of the molecule is Nc1nc2c(ncn2[C@@H]2O[C@@H]3COP(=O)(O)O[C@@]45C(OC(n6cnc7c(N)ncnc76)[C@@H]4F)C5OP(=O)(S)O[C@@H]2[C@@H]3O)c(=O)[nH]1. The molecule has 0 amide bonds. The normalized spacial score (nSPS) is 41.4. The zero-order valence-corrected chi connectivity index (χ0v) is 24.8. The first kappa shape index (κ1) is 29.3. The van der Waals surface area contributed by atoms with Crippen molar-refractivity contribution in [1.29, 1.82) is 0 Å². The van der Waals surface area contributed by atoms with Gasteiger partial charge in [-0.3, -0.25) is 37.0 Å². The Morgan fingerprint density at radius 2 is 1.78 bits per heavy atom. The third-order valence-electron chi connectivity index (χ3n) is 7.90. The fraction of sp³-hybridized carbons (Fsp3) is 0.500. The first-order valence-corrected chi connectivity index (χ1v) is 17.1. The predicted molar refractivity (Wildman–Crippen MR) is 147 cm³/mol. The number of ether oxygens (including phenoxy) is 2. The van der Waals surface area contributed by atoms with Crippen molar-refractivity contribution in [1.82, 2.24) is 39.0 Å². The van der Waals surface area contributed by atoms with Crippen LogP contribution in [0.2, 0.25) is 0 Å². The second-order valence-electron chi connectivity index (χ2n) is 10.5. The molecule has 7 N–H and O–H groups in total. The molecule has 240 valence electrons. The number of anilines is 2. The average molecular weight is 690 g/mol. The van der Waals surface area contributed by atoms with Gasteiger partial charge in [0, 0.05) is 0 Å². The van der Waals surface area contributed by atoms with Crippen molar-refractivity contribution in [2.75, 3.05) is 18.1 Å². The van der Waals surface area contributed by atoms with E-state index >= 15 is 4.39 Å². The number of aliphatic hydroxyl groups excluding tert-OH is 1. The number of nitrogens with zero attached hydrogens (tertiary/aromatic N) is 7. The van der Waals surface area contributed by atoms with Gasteiger partial charge in [0.1, 0.15) is 42.4 Å². The summed E-state index contributed by atoms with van der Waals surface area (Å²) in [6, 6.07) is 0. The third kappa shape index (κ3) is 4.38. The Bertz CT molecular complexity index is 2030. The maximum atomic E-state index is 16.3. The molecular formula is C20H21FN10O11P2S. The number of rotatable bonds is 2. The molecule has 7 heterocycles. The smallest absolute Gasteiger partial charge is 0.387 e. The van der Waals surface area contributed by atoms with Gasteiger partial charge in [-0.1, -0.05) is 12.2 Å². The van der Waals surface area contributed by atoms with E-state index < -0.39 is 81.5 Å². The highest BCUT2D eigenvalue weighted by Gasteiger charge is 2.83. The van der Waals surface area contributed by atoms with Gasteiger partial charge in [0.2, 0.25) is 5.95 Å². The lowest BCUT2D eigenvalue weighted by atomic mass is 10.1. The van der Waals surface area contributed by atoms with Gasteiger partial charge in [0.15, 0.2) is 46.9 Å². The number of nitrogens with two attached hydrogens (primary N) is 2. The lowest BCUT2D eigenvalue weighted by molar-refractivity contribution is -0.0635. The molecule has 0 aromatic carbocycles. The van der Waals surface area contributed by atoms with Crippen LogP contribution in [0.1, 0.15) is 12.5 Å². The number of aliphatic hydroxyl groups is 1. The number of imidazole rings is 2. The summed E-state index contributed by atoms with van der Waals surface area (Å²) in [7, 11) is -5.17. The lowest BCUT2D eigenvalue weighted by Gasteiger charge is -2.29. The minimum Gasteiger partial charge on any atom is -0.387 e. The van der Waals surface area contributed by atoms with E-state index in [1.54, 1.807) is 0 Å². The second kappa shape index (κ2) is 9.72. The minimum atomic E-state index is -5.17. The third-order valence-corrected chi connectivity index (χ3v) is 10.5. The number of aromatic nitrogens is 8. The molecule has 4 fully saturated rings. The van der Waals surface area contributed by atoms with Gasteiger partial charge < -0.3 is 30.9 Å². The van der Waals surface area contributed by atoms with Crippen molar-refractivity contribution >= 4 is 61.0 Å². The van der Waals surface area contributed by atoms with Crippen molar-refractivity contribution in [3.63, 3.8) is 0 Å². The molecular weight excluding hydrogens is 669 g/mol. The molecule has 4 aromatic heterocycles. The van der Waals surface area contributed by atoms with E-state index in [0.717, 1.165) is 12.7 Å². The van der Waals surface area contributed by atoms with E-state index in [4.69, 9.17) is 39.0 Å². The molecule has 1 aliphatic carbocycles. The predicted octanol–water partition coefficient (Wildman–Crippen LogP) is -0.674. The van der Waals surface area contributed by atoms with Crippen molar-refractivity contribution in [2.45, 2.75) is 54.7 Å². The summed E-state index contributed by atoms with van der Waals surface area (Å²) in [5.74, 6) is -0.241. The topological polar surface area (TPSA) is 289 Å². The van der Waals surface area contributed by atoms with Gasteiger partial charge in [-0.15, -0.1) is 0 Å². The highest BCUT2D eigenvalue weighted by Crippen LogP contribution is 2.71. The van der Waals surface area contributed by atoms with Crippen molar-refractivity contribution < 1.29 is 51.1 Å². The van der Waals surface area contributed by atoms with Gasteiger partial charge in [-0.05, 0) is 0 Å². The van der Waals surface area contributed by atoms with Crippen molar-refractivity contribution in [2.24, 2.45) is 0 Å². The average Bonchev–Trinajstić information content (AvgIpc) is 3.47. The fourth-order valence-corrected chi connectivity index (χ4v) is 8.73. The van der Waals surface area contributed by atoms with Crippen LogP contribution in [0.25, 0.3) is 22.3 Å². The number of hydrogen-bond acceptors (Lipinski definition) is 17. The fourth-order valence-electron chi connectivity index (χ4n) is 5.85. The van der Waals surface area contributed by atoms with Crippen LogP contribution in [-0.2, 0) is 36.7 Å². The molecule has 4 aromatic rings. The van der Waals surface area contributed by atoms with E-state index in [2.05, 4.69) is 42.2 Å². The Balaban J connectivity index is 1.14. The van der Waals surface area contributed by atoms with E-state index in [9.17, 15) is 23.9 Å². The number of hydrogen-bond donors (Lipinski definition) is 6. The number of thiol groups is 1. The largest absolute Gasteiger partial charge is 0.473 e. The zero-order chi connectivity index (χ0) is 31.6. The van der Waals surface area contributed by atoms with E-state index in [1.807, 2.05) is 0 Å². The number of phosphoric ester groups is 1. The number of phosphoric acid groups is 1. The molecule has 1 saturated carbocycles. The van der Waals surface area contributed by atoms with Gasteiger partial charge in [-0.2, -0.15) is 4.98 Å². The van der Waals surface area contributed by atoms with Gasteiger partial charge in [0.25, 0.3) is 5.56 Å². The maximum absolute atomic E-state index is 16.3. The van der Waals surface area contributed by atoms with Crippen LogP contribution in [0.5, 0.6) is 0 Å². The summed E-state index contributed by atoms with van der Waals surface area (Å²) < 4.78 is 78.8. The number of fused-ring (bicyclic) bond motifs is 5. The zero-order valence-electron chi connectivity index (χ0n) is 22.1. The molecule has 0 radical (unpaired) electrons. The first-order valence-electron chi connectivity index (χ1n) is 13.0. The minimum absolute atomic E-state index is 0.0208. The molecule has 8 rings (SSSR count). The Hall–Kier alpha value is -3.08. The number of nitrogens with one attached hydrogen (secondary N) is 1. The van der Waals surface area contributed by atoms with Crippen LogP contribution in [-0.4, -0.2) is 97.9 Å². The number of aromatic amines is 1. The van der Waals surface area contributed by atoms with E-state index in [0.29, 0.717) is 0 Å². The van der Waals surface area contributed by atoms with Crippen LogP contribution in [0, 0.1) is 0 Å². The number of nitrogen functional groups attached to an aromatic ring is 2. The molecule has 3 saturated heterocycles. The Labute approximate surface area is 253 Å². The Kier molecular flexibility index (Phi) is 6.33. The first-order chi connectivity index (χ1) is 21.3. The molecule has 11 atom stereocenters. The summed E-state index contributed by atoms with van der Waals surface area (Å²) in [4.78, 5) is 45.3. The van der Waals surface area contributed by atoms with Crippen LogP contribution < -0.4 is 17.0 Å². The number of alkyl halides is 1. The van der Waals surface area contributed by atoms with Gasteiger partial charge >= 0.3 is 14.6 Å². The molecule has 2 bridgehead atoms. The van der Waals surface area contributed by atoms with Gasteiger partial charge in [-0.25, -0.2) is 33.5 Å². The van der Waals surface area contributed by atoms with Crippen molar-refractivity contribution in [3.8, 4) is 0 Å². The lowest BCUT2D eigenvalue weighted by Crippen LogP contribution is -2.38. The van der Waals surface area contributed by atoms with E-state index in [1.165, 1.54) is 15.5 Å². The summed E-state index contributed by atoms with van der Waals surface area (Å²) in [6.07, 6.45) is -9.43. The molecule has 21 nitrogen and oxygen atoms in total. The molecule has 1 spiro atoms. The monoisotopic (exact) mass is 690 g/mol. The van der Waals surface area contributed by atoms with Crippen LogP contribution in [0.15, 0.2) is 23.8 Å². The summed E-state index contributed by atoms with van der Waals surface area (Å²) >= 11 is 4.02. The highest BCUT2D eigenvalue weighted by atomic mass is 32.7. The molecule has 25 heteroatoms. The second-order valence-corrected chi connectivity index (χ2v) is 14.7. The van der Waals surface area contributed by atoms with Crippen LogP contribution >= 0.6 is 26.9 Å². The summed E-state index contributed by atoms with van der Waals surface area (Å²) in [6.45, 7) is -5.39. The standard InChI is InChI=1S/C20H21FN10O11P2S/c21-10-18(30-3-26-6-13(22)24-2-25-14(6)30)39-11-12-20(10,11)42-43(34,35)37-1-5-8(32)9(40-44(36,45)41-12)17(38-5)31-4-27-7-15(31)28-19(23)29-16(7)33/h2-5,8-12,17-18,32H,1H2,(H,34,35)(H,36,45)(H2,22,24,25)(H3,23,28,29,33)/t5-,8-,9-,10+,11?,12?,17-,18?,20-,44?/m1/s1. The maximum Gasteiger partial charge on any atom is 0.473 e. The Morgan fingerprint density at radius 3 is 2.56 bits per heavy atom. The number of halogens is 1. The van der Waals surface area contributed by atoms with Crippen molar-refractivity contribution in [3.05, 3.63) is 29.3 Å². The molecule has 4 aliphatic rings. The summed E-state index contributed by atoms with van der Waals surface area (Å²) in [5, 5.41) is 11.1. The Morgan fingerprint density at radius 1 is 1.04 bits per heavy atom. The summed E-state index contributed by atoms with van der Waals surface area (Å²) in [5.41, 5.74) is 8.51. The molecule has 5 unspecified atom stereocenters.